The summed E-state index contributed by atoms with van der Waals surface area (Å²) in [6, 6.07) is 8.79. The molecule has 0 fully saturated rings. The molecule has 2 rings (SSSR count). The van der Waals surface area contributed by atoms with Crippen molar-refractivity contribution < 1.29 is 5.11 Å². The van der Waals surface area contributed by atoms with E-state index in [2.05, 4.69) is 4.98 Å². The van der Waals surface area contributed by atoms with E-state index in [1.54, 1.807) is 12.3 Å². The third-order valence-electron chi connectivity index (χ3n) is 2.21. The van der Waals surface area contributed by atoms with E-state index in [0.29, 0.717) is 16.5 Å². The van der Waals surface area contributed by atoms with Gasteiger partial charge in [-0.1, -0.05) is 29.3 Å². The van der Waals surface area contributed by atoms with Crippen LogP contribution in [0.5, 0.6) is 5.75 Å². The summed E-state index contributed by atoms with van der Waals surface area (Å²) in [4.78, 5) is 4.20. The second-order valence-corrected chi connectivity index (χ2v) is 4.21. The Bertz CT molecular complexity index is 500. The molecule has 0 aliphatic heterocycles. The van der Waals surface area contributed by atoms with Crippen LogP contribution in [0.4, 0.5) is 0 Å². The third kappa shape index (κ3) is 2.46. The molecule has 4 heteroatoms. The largest absolute Gasteiger partial charge is 0.506 e. The van der Waals surface area contributed by atoms with Crippen molar-refractivity contribution in [1.82, 2.24) is 4.98 Å². The Labute approximate surface area is 103 Å². The Hall–Kier alpha value is -1.25. The van der Waals surface area contributed by atoms with E-state index >= 15 is 0 Å². The van der Waals surface area contributed by atoms with Crippen LogP contribution in [0, 0.1) is 0 Å². The summed E-state index contributed by atoms with van der Waals surface area (Å²) in [7, 11) is 0. The van der Waals surface area contributed by atoms with Gasteiger partial charge in [-0.25, -0.2) is 0 Å². The maximum absolute atomic E-state index is 9.36. The summed E-state index contributed by atoms with van der Waals surface area (Å²) in [5, 5.41) is 10.2. The van der Waals surface area contributed by atoms with Crippen LogP contribution in [0.2, 0.25) is 10.0 Å². The maximum atomic E-state index is 9.36. The van der Waals surface area contributed by atoms with Gasteiger partial charge in [0.25, 0.3) is 0 Å². The second-order valence-electron chi connectivity index (χ2n) is 3.39. The zero-order chi connectivity index (χ0) is 11.5. The number of hydrogen-bond acceptors (Lipinski definition) is 2. The highest BCUT2D eigenvalue weighted by Crippen LogP contribution is 2.30. The molecular weight excluding hydrogens is 245 g/mol. The molecule has 0 bridgehead atoms. The number of phenols is 1. The first-order chi connectivity index (χ1) is 7.66. The summed E-state index contributed by atoms with van der Waals surface area (Å²) < 4.78 is 0. The Morgan fingerprint density at radius 3 is 2.62 bits per heavy atom. The molecule has 1 heterocycles. The molecule has 0 saturated heterocycles. The highest BCUT2D eigenvalue weighted by atomic mass is 35.5. The van der Waals surface area contributed by atoms with Crippen molar-refractivity contribution in [1.29, 1.82) is 0 Å². The molecule has 2 nitrogen and oxygen atoms in total. The number of aromatic nitrogens is 1. The van der Waals surface area contributed by atoms with E-state index in [9.17, 15) is 5.11 Å². The molecule has 16 heavy (non-hydrogen) atoms. The van der Waals surface area contributed by atoms with E-state index in [4.69, 9.17) is 23.2 Å². The number of pyridine rings is 1. The first kappa shape index (κ1) is 11.2. The summed E-state index contributed by atoms with van der Waals surface area (Å²) in [5.74, 6) is -0.00330. The van der Waals surface area contributed by atoms with Crippen LogP contribution in [-0.2, 0) is 6.42 Å². The molecule has 0 amide bonds. The Balaban J connectivity index is 2.32. The number of halogens is 2. The molecule has 0 atom stereocenters. The van der Waals surface area contributed by atoms with E-state index in [0.717, 1.165) is 11.3 Å². The van der Waals surface area contributed by atoms with Gasteiger partial charge in [-0.15, -0.1) is 0 Å². The van der Waals surface area contributed by atoms with Crippen LogP contribution in [0.15, 0.2) is 36.5 Å². The standard InChI is InChI=1S/C12H9Cl2NO/c13-10-7-12(16)11(14)6-8(10)5-9-3-1-2-4-15-9/h1-4,6-7,16H,5H2. The van der Waals surface area contributed by atoms with Crippen LogP contribution in [-0.4, -0.2) is 10.1 Å². The van der Waals surface area contributed by atoms with Gasteiger partial charge in [0.05, 0.1) is 5.02 Å². The fraction of sp³-hybridized carbons (Fsp3) is 0.0833. The first-order valence-electron chi connectivity index (χ1n) is 4.73. The van der Waals surface area contributed by atoms with Crippen molar-refractivity contribution in [2.75, 3.05) is 0 Å². The lowest BCUT2D eigenvalue weighted by molar-refractivity contribution is 0.475. The van der Waals surface area contributed by atoms with Crippen molar-refractivity contribution in [3.05, 3.63) is 57.8 Å². The SMILES string of the molecule is Oc1cc(Cl)c(Cc2ccccn2)cc1Cl. The minimum Gasteiger partial charge on any atom is -0.506 e. The molecule has 0 aliphatic carbocycles. The fourth-order valence-corrected chi connectivity index (χ4v) is 1.82. The van der Waals surface area contributed by atoms with Crippen molar-refractivity contribution >= 4 is 23.2 Å². The molecule has 1 aromatic heterocycles. The van der Waals surface area contributed by atoms with Crippen molar-refractivity contribution in [2.24, 2.45) is 0 Å². The average molecular weight is 254 g/mol. The average Bonchev–Trinajstić information content (AvgIpc) is 2.27. The van der Waals surface area contributed by atoms with Crippen LogP contribution < -0.4 is 0 Å². The molecule has 0 aliphatic rings. The van der Waals surface area contributed by atoms with Crippen LogP contribution in [0.1, 0.15) is 11.3 Å². The van der Waals surface area contributed by atoms with Gasteiger partial charge in [0, 0.05) is 29.4 Å². The Kier molecular flexibility index (Phi) is 3.32. The van der Waals surface area contributed by atoms with Crippen molar-refractivity contribution in [2.45, 2.75) is 6.42 Å². The highest BCUT2D eigenvalue weighted by Gasteiger charge is 2.07. The van der Waals surface area contributed by atoms with Crippen LogP contribution in [0.25, 0.3) is 0 Å². The van der Waals surface area contributed by atoms with Crippen molar-refractivity contribution in [3.8, 4) is 5.75 Å². The molecular formula is C12H9Cl2NO. The highest BCUT2D eigenvalue weighted by molar-refractivity contribution is 6.34. The quantitative estimate of drug-likeness (QED) is 0.886. The summed E-state index contributed by atoms with van der Waals surface area (Å²) in [6.07, 6.45) is 2.32. The molecule has 2 aromatic rings. The zero-order valence-electron chi connectivity index (χ0n) is 8.32. The predicted molar refractivity (Wildman–Crippen MR) is 65.2 cm³/mol. The summed E-state index contributed by atoms with van der Waals surface area (Å²) in [6.45, 7) is 0. The van der Waals surface area contributed by atoms with E-state index < -0.39 is 0 Å². The minimum atomic E-state index is -0.00330. The summed E-state index contributed by atoms with van der Waals surface area (Å²) in [5.41, 5.74) is 1.76. The van der Waals surface area contributed by atoms with Gasteiger partial charge in [-0.2, -0.15) is 0 Å². The van der Waals surface area contributed by atoms with E-state index in [1.165, 1.54) is 6.07 Å². The van der Waals surface area contributed by atoms with Gasteiger partial charge in [0.2, 0.25) is 0 Å². The van der Waals surface area contributed by atoms with E-state index in [1.807, 2.05) is 18.2 Å². The maximum Gasteiger partial charge on any atom is 0.135 e. The number of hydrogen-bond donors (Lipinski definition) is 1. The molecule has 0 radical (unpaired) electrons. The minimum absolute atomic E-state index is 0.00330. The number of phenolic OH excluding ortho intramolecular Hbond substituents is 1. The Morgan fingerprint density at radius 1 is 1.12 bits per heavy atom. The molecule has 1 N–H and O–H groups in total. The van der Waals surface area contributed by atoms with E-state index in [-0.39, 0.29) is 5.75 Å². The zero-order valence-corrected chi connectivity index (χ0v) is 9.83. The van der Waals surface area contributed by atoms with Crippen molar-refractivity contribution in [3.63, 3.8) is 0 Å². The molecule has 82 valence electrons. The van der Waals surface area contributed by atoms with Gasteiger partial charge < -0.3 is 5.11 Å². The smallest absolute Gasteiger partial charge is 0.135 e. The first-order valence-corrected chi connectivity index (χ1v) is 5.49. The van der Waals surface area contributed by atoms with Gasteiger partial charge in [-0.05, 0) is 23.8 Å². The van der Waals surface area contributed by atoms with Gasteiger partial charge in [0.1, 0.15) is 5.75 Å². The number of rotatable bonds is 2. The number of nitrogens with zero attached hydrogens (tertiary/aromatic N) is 1. The van der Waals surface area contributed by atoms with Gasteiger partial charge >= 0.3 is 0 Å². The third-order valence-corrected chi connectivity index (χ3v) is 2.87. The molecule has 1 aromatic carbocycles. The molecule has 0 unspecified atom stereocenters. The van der Waals surface area contributed by atoms with Gasteiger partial charge in [-0.3, -0.25) is 4.98 Å². The normalized spacial score (nSPS) is 10.4. The topological polar surface area (TPSA) is 33.1 Å². The molecule has 0 spiro atoms. The van der Waals surface area contributed by atoms with Crippen LogP contribution >= 0.6 is 23.2 Å². The number of aromatic hydroxyl groups is 1. The summed E-state index contributed by atoms with van der Waals surface area (Å²) >= 11 is 11.8. The lowest BCUT2D eigenvalue weighted by Crippen LogP contribution is -1.92. The fourth-order valence-electron chi connectivity index (χ4n) is 1.41. The lowest BCUT2D eigenvalue weighted by atomic mass is 10.1. The second kappa shape index (κ2) is 4.73. The lowest BCUT2D eigenvalue weighted by Gasteiger charge is -2.06. The number of benzene rings is 1. The monoisotopic (exact) mass is 253 g/mol. The Morgan fingerprint density at radius 2 is 1.94 bits per heavy atom. The van der Waals surface area contributed by atoms with Gasteiger partial charge in [0.15, 0.2) is 0 Å². The molecule has 0 saturated carbocycles. The van der Waals surface area contributed by atoms with Crippen LogP contribution in [0.3, 0.4) is 0 Å². The predicted octanol–water partition coefficient (Wildman–Crippen LogP) is 3.68.